The Balaban J connectivity index is 2.32. The maximum atomic E-state index is 11.6. The van der Waals surface area contributed by atoms with Crippen molar-refractivity contribution in [1.82, 2.24) is 5.43 Å². The highest BCUT2D eigenvalue weighted by Crippen LogP contribution is 2.33. The standard InChI is InChI=1S/C14H15BrN2O3/c1-19-8-12(14(18)17-16)20-11-7-6-9-4-2-3-5-10(9)13(11)15/h2-7,12H,8,16H2,1H3,(H,17,18). The van der Waals surface area contributed by atoms with Crippen molar-refractivity contribution in [3.05, 3.63) is 40.9 Å². The van der Waals surface area contributed by atoms with Crippen LogP contribution in [0.2, 0.25) is 0 Å². The van der Waals surface area contributed by atoms with Gasteiger partial charge in [0.15, 0.2) is 0 Å². The van der Waals surface area contributed by atoms with Gasteiger partial charge in [-0.2, -0.15) is 0 Å². The van der Waals surface area contributed by atoms with Crippen LogP contribution in [0.25, 0.3) is 10.8 Å². The molecular formula is C14H15BrN2O3. The number of fused-ring (bicyclic) bond motifs is 1. The molecule has 0 radical (unpaired) electrons. The first-order chi connectivity index (χ1) is 9.67. The molecule has 0 bridgehead atoms. The van der Waals surface area contributed by atoms with Crippen LogP contribution in [0.1, 0.15) is 0 Å². The van der Waals surface area contributed by atoms with Gasteiger partial charge in [-0.3, -0.25) is 10.2 Å². The lowest BCUT2D eigenvalue weighted by molar-refractivity contribution is -0.130. The van der Waals surface area contributed by atoms with Gasteiger partial charge >= 0.3 is 0 Å². The first kappa shape index (κ1) is 14.8. The largest absolute Gasteiger partial charge is 0.477 e. The monoisotopic (exact) mass is 338 g/mol. The Morgan fingerprint density at radius 1 is 1.35 bits per heavy atom. The molecule has 0 aromatic heterocycles. The molecule has 0 saturated carbocycles. The molecule has 0 aliphatic heterocycles. The Bertz CT molecular complexity index is 618. The van der Waals surface area contributed by atoms with E-state index in [1.54, 1.807) is 6.07 Å². The molecule has 1 amide bonds. The Kier molecular flexibility index (Phi) is 4.94. The zero-order chi connectivity index (χ0) is 14.5. The number of nitrogens with two attached hydrogens (primary N) is 1. The molecule has 1 unspecified atom stereocenters. The van der Waals surface area contributed by atoms with Gasteiger partial charge in [-0.05, 0) is 32.8 Å². The van der Waals surface area contributed by atoms with Crippen LogP contribution in [0.3, 0.4) is 0 Å². The van der Waals surface area contributed by atoms with E-state index in [9.17, 15) is 4.79 Å². The zero-order valence-corrected chi connectivity index (χ0v) is 12.5. The van der Waals surface area contributed by atoms with E-state index in [4.69, 9.17) is 15.3 Å². The molecule has 5 nitrogen and oxygen atoms in total. The normalized spacial score (nSPS) is 12.2. The van der Waals surface area contributed by atoms with Crippen molar-refractivity contribution >= 4 is 32.6 Å². The summed E-state index contributed by atoms with van der Waals surface area (Å²) < 4.78 is 11.4. The lowest BCUT2D eigenvalue weighted by atomic mass is 10.1. The van der Waals surface area contributed by atoms with E-state index in [1.165, 1.54) is 7.11 Å². The van der Waals surface area contributed by atoms with Crippen LogP contribution in [0.4, 0.5) is 0 Å². The minimum absolute atomic E-state index is 0.113. The quantitative estimate of drug-likeness (QED) is 0.496. The highest BCUT2D eigenvalue weighted by atomic mass is 79.9. The average molecular weight is 339 g/mol. The van der Waals surface area contributed by atoms with Crippen molar-refractivity contribution in [2.45, 2.75) is 6.10 Å². The van der Waals surface area contributed by atoms with Crippen LogP contribution in [0, 0.1) is 0 Å². The Morgan fingerprint density at radius 2 is 2.10 bits per heavy atom. The summed E-state index contributed by atoms with van der Waals surface area (Å²) in [7, 11) is 1.50. The van der Waals surface area contributed by atoms with Crippen molar-refractivity contribution in [3.8, 4) is 5.75 Å². The first-order valence-electron chi connectivity index (χ1n) is 6.00. The van der Waals surface area contributed by atoms with Gasteiger partial charge in [0.1, 0.15) is 5.75 Å². The van der Waals surface area contributed by atoms with Gasteiger partial charge < -0.3 is 9.47 Å². The summed E-state index contributed by atoms with van der Waals surface area (Å²) in [6.45, 7) is 0.113. The summed E-state index contributed by atoms with van der Waals surface area (Å²) in [5.41, 5.74) is 2.07. The fourth-order valence-corrected chi connectivity index (χ4v) is 2.45. The van der Waals surface area contributed by atoms with E-state index in [0.717, 1.165) is 15.2 Å². The lowest BCUT2D eigenvalue weighted by Crippen LogP contribution is -2.44. The zero-order valence-electron chi connectivity index (χ0n) is 10.9. The number of amides is 1. The van der Waals surface area contributed by atoms with Crippen molar-refractivity contribution in [2.75, 3.05) is 13.7 Å². The smallest absolute Gasteiger partial charge is 0.277 e. The van der Waals surface area contributed by atoms with Gasteiger partial charge in [-0.1, -0.05) is 30.3 Å². The maximum Gasteiger partial charge on any atom is 0.277 e. The number of nitrogens with one attached hydrogen (secondary N) is 1. The van der Waals surface area contributed by atoms with E-state index in [2.05, 4.69) is 21.4 Å². The predicted molar refractivity (Wildman–Crippen MR) is 80.3 cm³/mol. The van der Waals surface area contributed by atoms with E-state index >= 15 is 0 Å². The Morgan fingerprint density at radius 3 is 2.80 bits per heavy atom. The van der Waals surface area contributed by atoms with Gasteiger partial charge in [0.25, 0.3) is 5.91 Å². The van der Waals surface area contributed by atoms with Crippen molar-refractivity contribution in [2.24, 2.45) is 5.84 Å². The van der Waals surface area contributed by atoms with Crippen molar-refractivity contribution in [3.63, 3.8) is 0 Å². The second-order valence-electron chi connectivity index (χ2n) is 4.17. The van der Waals surface area contributed by atoms with E-state index in [-0.39, 0.29) is 6.61 Å². The molecule has 106 valence electrons. The molecule has 2 aromatic carbocycles. The third kappa shape index (κ3) is 3.09. The molecule has 20 heavy (non-hydrogen) atoms. The Labute approximate surface area is 125 Å². The van der Waals surface area contributed by atoms with Gasteiger partial charge in [-0.25, -0.2) is 5.84 Å². The molecule has 3 N–H and O–H groups in total. The summed E-state index contributed by atoms with van der Waals surface area (Å²) in [6, 6.07) is 11.6. The van der Waals surface area contributed by atoms with Crippen molar-refractivity contribution < 1.29 is 14.3 Å². The molecule has 0 aliphatic carbocycles. The summed E-state index contributed by atoms with van der Waals surface area (Å²) in [6.07, 6.45) is -0.803. The molecule has 0 saturated heterocycles. The molecule has 0 heterocycles. The molecule has 2 aromatic rings. The highest BCUT2D eigenvalue weighted by Gasteiger charge is 2.20. The van der Waals surface area contributed by atoms with E-state index in [0.29, 0.717) is 5.75 Å². The molecule has 1 atom stereocenters. The van der Waals surface area contributed by atoms with Gasteiger partial charge in [0.05, 0.1) is 11.1 Å². The van der Waals surface area contributed by atoms with Gasteiger partial charge in [0, 0.05) is 7.11 Å². The second kappa shape index (κ2) is 6.69. The second-order valence-corrected chi connectivity index (χ2v) is 4.96. The summed E-state index contributed by atoms with van der Waals surface area (Å²) in [5.74, 6) is 5.26. The first-order valence-corrected chi connectivity index (χ1v) is 6.80. The van der Waals surface area contributed by atoms with Crippen LogP contribution in [-0.4, -0.2) is 25.7 Å². The lowest BCUT2D eigenvalue weighted by Gasteiger charge is -2.18. The number of ether oxygens (including phenoxy) is 2. The Hall–Kier alpha value is -1.63. The minimum atomic E-state index is -0.803. The van der Waals surface area contributed by atoms with Gasteiger partial charge in [-0.15, -0.1) is 0 Å². The summed E-state index contributed by atoms with van der Waals surface area (Å²) in [4.78, 5) is 11.6. The number of hydrogen-bond acceptors (Lipinski definition) is 4. The van der Waals surface area contributed by atoms with Crippen LogP contribution < -0.4 is 16.0 Å². The molecular weight excluding hydrogens is 324 g/mol. The molecule has 0 spiro atoms. The fourth-order valence-electron chi connectivity index (χ4n) is 1.87. The molecule has 2 rings (SSSR count). The van der Waals surface area contributed by atoms with E-state index < -0.39 is 12.0 Å². The van der Waals surface area contributed by atoms with Crippen LogP contribution in [0.5, 0.6) is 5.75 Å². The summed E-state index contributed by atoms with van der Waals surface area (Å²) in [5, 5.41) is 2.09. The average Bonchev–Trinajstić information content (AvgIpc) is 2.48. The maximum absolute atomic E-state index is 11.6. The van der Waals surface area contributed by atoms with Gasteiger partial charge in [0.2, 0.25) is 6.10 Å². The summed E-state index contributed by atoms with van der Waals surface area (Å²) >= 11 is 3.50. The molecule has 0 aliphatic rings. The molecule has 6 heteroatoms. The van der Waals surface area contributed by atoms with E-state index in [1.807, 2.05) is 30.3 Å². The SMILES string of the molecule is COCC(Oc1ccc2ccccc2c1Br)C(=O)NN. The highest BCUT2D eigenvalue weighted by molar-refractivity contribution is 9.10. The van der Waals surface area contributed by atoms with Crippen LogP contribution in [-0.2, 0) is 9.53 Å². The minimum Gasteiger partial charge on any atom is -0.477 e. The topological polar surface area (TPSA) is 73.6 Å². The third-order valence-corrected chi connectivity index (χ3v) is 3.67. The number of hydrogen-bond donors (Lipinski definition) is 2. The predicted octanol–water partition coefficient (Wildman–Crippen LogP) is 1.99. The number of carbonyl (C=O) groups excluding carboxylic acids is 1. The van der Waals surface area contributed by atoms with Crippen LogP contribution in [0.15, 0.2) is 40.9 Å². The molecule has 0 fully saturated rings. The van der Waals surface area contributed by atoms with Crippen molar-refractivity contribution in [1.29, 1.82) is 0 Å². The van der Waals surface area contributed by atoms with Crippen LogP contribution >= 0.6 is 15.9 Å². The number of methoxy groups -OCH3 is 1. The fraction of sp³-hybridized carbons (Fsp3) is 0.214. The number of carbonyl (C=O) groups is 1. The number of hydrazine groups is 1. The third-order valence-electron chi connectivity index (χ3n) is 2.85. The number of rotatable bonds is 5. The number of benzene rings is 2. The number of halogens is 1.